The number of hydrogen-bond acceptors (Lipinski definition) is 9. The van der Waals surface area contributed by atoms with Gasteiger partial charge in [-0.05, 0) is 0 Å². The van der Waals surface area contributed by atoms with Crippen LogP contribution in [0.25, 0.3) is 11.2 Å². The zero-order valence-corrected chi connectivity index (χ0v) is 14.3. The maximum Gasteiger partial charge on any atom is 0.325 e. The number of aromatic amines is 1. The molecule has 0 saturated carbocycles. The van der Waals surface area contributed by atoms with E-state index in [-0.39, 0.29) is 23.7 Å². The second-order valence-electron chi connectivity index (χ2n) is 5.66. The van der Waals surface area contributed by atoms with E-state index in [2.05, 4.69) is 15.0 Å². The van der Waals surface area contributed by atoms with Crippen molar-refractivity contribution in [3.05, 3.63) is 16.7 Å². The summed E-state index contributed by atoms with van der Waals surface area (Å²) >= 11 is 0. The van der Waals surface area contributed by atoms with Crippen LogP contribution in [0.4, 0.5) is 5.95 Å². The second kappa shape index (κ2) is 6.48. The molecule has 0 aliphatic carbocycles. The van der Waals surface area contributed by atoms with Crippen molar-refractivity contribution in [2.24, 2.45) is 0 Å². The van der Waals surface area contributed by atoms with Gasteiger partial charge >= 0.3 is 7.60 Å². The Bertz CT molecular complexity index is 876. The lowest BCUT2D eigenvalue weighted by Crippen LogP contribution is -2.35. The topological polar surface area (TPSA) is 175 Å². The van der Waals surface area contributed by atoms with E-state index in [1.54, 1.807) is 0 Å². The number of fused-ring (bicyclic) bond motifs is 1. The molecule has 1 aliphatic heterocycles. The number of anilines is 1. The quantitative estimate of drug-likeness (QED) is 0.465. The molecule has 13 heteroatoms. The lowest BCUT2D eigenvalue weighted by atomic mass is 10.1. The average Bonchev–Trinajstić information content (AvgIpc) is 3.02. The fourth-order valence-corrected chi connectivity index (χ4v) is 3.45. The van der Waals surface area contributed by atoms with Crippen molar-refractivity contribution in [2.45, 2.75) is 24.5 Å². The maximum absolute atomic E-state index is 11.9. The Balaban J connectivity index is 2.00. The number of imidazole rings is 1. The van der Waals surface area contributed by atoms with Crippen LogP contribution >= 0.6 is 7.60 Å². The number of aliphatic hydroxyl groups is 1. The van der Waals surface area contributed by atoms with E-state index in [0.29, 0.717) is 0 Å². The summed E-state index contributed by atoms with van der Waals surface area (Å²) in [5.74, 6) is -0.124. The van der Waals surface area contributed by atoms with Gasteiger partial charge in [0, 0.05) is 13.8 Å². The van der Waals surface area contributed by atoms with Crippen molar-refractivity contribution < 1.29 is 28.6 Å². The van der Waals surface area contributed by atoms with Gasteiger partial charge in [-0.2, -0.15) is 4.98 Å². The van der Waals surface area contributed by atoms with Crippen LogP contribution in [-0.2, 0) is 18.6 Å². The van der Waals surface area contributed by atoms with Gasteiger partial charge in [0.25, 0.3) is 5.56 Å². The molecule has 0 bridgehead atoms. The van der Waals surface area contributed by atoms with Gasteiger partial charge in [-0.25, -0.2) is 4.98 Å². The fraction of sp³-hybridized carbons (Fsp3) is 0.583. The zero-order valence-electron chi connectivity index (χ0n) is 13.4. The standard InChI is InChI=1S/C12H18N5O7P/c1-22-3-5-8(24-25(2,20)21)7(18)11(23-5)17-4-14-6-9(17)15-12(13)16-10(6)19/h4-5,7-8,11,18H,3H2,1-2H3,(H,20,21)(H3,13,15,16,19)/t5-,7+,8?,11-/m1/s1. The van der Waals surface area contributed by atoms with Gasteiger partial charge in [0.05, 0.1) is 12.9 Å². The molecule has 1 aliphatic rings. The van der Waals surface area contributed by atoms with Crippen LogP contribution in [0.5, 0.6) is 0 Å². The Kier molecular flexibility index (Phi) is 4.66. The first-order valence-electron chi connectivity index (χ1n) is 7.24. The van der Waals surface area contributed by atoms with Crippen LogP contribution in [0.3, 0.4) is 0 Å². The number of methoxy groups -OCH3 is 1. The highest BCUT2D eigenvalue weighted by Gasteiger charge is 2.48. The van der Waals surface area contributed by atoms with E-state index >= 15 is 0 Å². The molecule has 12 nitrogen and oxygen atoms in total. The minimum absolute atomic E-state index is 0.0148. The minimum atomic E-state index is -3.89. The van der Waals surface area contributed by atoms with Crippen molar-refractivity contribution in [2.75, 3.05) is 26.1 Å². The van der Waals surface area contributed by atoms with Gasteiger partial charge in [-0.3, -0.25) is 23.4 Å². The van der Waals surface area contributed by atoms with Gasteiger partial charge < -0.3 is 25.2 Å². The smallest absolute Gasteiger partial charge is 0.325 e. The summed E-state index contributed by atoms with van der Waals surface area (Å²) in [6.07, 6.45) is -3.07. The lowest BCUT2D eigenvalue weighted by Gasteiger charge is -2.21. The molecule has 5 N–H and O–H groups in total. The molecule has 3 rings (SSSR count). The largest absolute Gasteiger partial charge is 0.386 e. The number of ether oxygens (including phenoxy) is 2. The minimum Gasteiger partial charge on any atom is -0.386 e. The van der Waals surface area contributed by atoms with E-state index < -0.39 is 37.7 Å². The molecule has 0 radical (unpaired) electrons. The van der Waals surface area contributed by atoms with Crippen LogP contribution in [0.15, 0.2) is 11.1 Å². The molecule has 0 spiro atoms. The molecule has 1 fully saturated rings. The predicted molar refractivity (Wildman–Crippen MR) is 85.0 cm³/mol. The number of nitrogen functional groups attached to an aromatic ring is 1. The van der Waals surface area contributed by atoms with E-state index in [0.717, 1.165) is 6.66 Å². The maximum atomic E-state index is 11.9. The van der Waals surface area contributed by atoms with Gasteiger partial charge in [-0.15, -0.1) is 0 Å². The summed E-state index contributed by atoms with van der Waals surface area (Å²) in [4.78, 5) is 31.6. The first-order chi connectivity index (χ1) is 11.7. The molecule has 0 aromatic carbocycles. The fourth-order valence-electron chi connectivity index (χ4n) is 2.73. The first-order valence-corrected chi connectivity index (χ1v) is 9.27. The third kappa shape index (κ3) is 3.45. The van der Waals surface area contributed by atoms with Gasteiger partial charge in [0.1, 0.15) is 18.3 Å². The van der Waals surface area contributed by atoms with Crippen LogP contribution in [-0.4, -0.2) is 68.2 Å². The SMILES string of the molecule is COC[C@H]1O[C@@H](n2cnc3c(=O)[nH]c(N)nc32)[C@@H](O)C1OP(C)(=O)O. The number of aromatic nitrogens is 4. The number of rotatable bonds is 5. The molecule has 3 heterocycles. The number of nitrogens with two attached hydrogens (primary N) is 1. The number of aliphatic hydroxyl groups excluding tert-OH is 1. The number of hydrogen-bond donors (Lipinski definition) is 4. The van der Waals surface area contributed by atoms with Crippen molar-refractivity contribution in [3.63, 3.8) is 0 Å². The monoisotopic (exact) mass is 375 g/mol. The summed E-state index contributed by atoms with van der Waals surface area (Å²) in [6, 6.07) is 0. The Morgan fingerprint density at radius 2 is 2.28 bits per heavy atom. The molecule has 138 valence electrons. The number of nitrogens with zero attached hydrogens (tertiary/aromatic N) is 3. The zero-order chi connectivity index (χ0) is 18.4. The second-order valence-corrected chi connectivity index (χ2v) is 7.48. The summed E-state index contributed by atoms with van der Waals surface area (Å²) in [5.41, 5.74) is 5.12. The number of nitrogens with one attached hydrogen (secondary N) is 1. The highest BCUT2D eigenvalue weighted by molar-refractivity contribution is 7.51. The Morgan fingerprint density at radius 1 is 1.56 bits per heavy atom. The van der Waals surface area contributed by atoms with Crippen molar-refractivity contribution in [1.82, 2.24) is 19.5 Å². The normalized spacial score (nSPS) is 29.1. The molecule has 2 unspecified atom stereocenters. The molecule has 1 saturated heterocycles. The van der Waals surface area contributed by atoms with Crippen LogP contribution in [0.2, 0.25) is 0 Å². The van der Waals surface area contributed by atoms with E-state index in [1.165, 1.54) is 18.0 Å². The van der Waals surface area contributed by atoms with Gasteiger partial charge in [0.2, 0.25) is 5.95 Å². The van der Waals surface area contributed by atoms with Crippen molar-refractivity contribution in [3.8, 4) is 0 Å². The Morgan fingerprint density at radius 3 is 2.92 bits per heavy atom. The molecular weight excluding hydrogens is 357 g/mol. The third-order valence-corrected chi connectivity index (χ3v) is 4.32. The van der Waals surface area contributed by atoms with Crippen LogP contribution in [0.1, 0.15) is 6.23 Å². The molecule has 2 aromatic heterocycles. The molecule has 2 aromatic rings. The highest BCUT2D eigenvalue weighted by Crippen LogP contribution is 2.44. The van der Waals surface area contributed by atoms with Crippen molar-refractivity contribution >= 4 is 24.7 Å². The highest BCUT2D eigenvalue weighted by atomic mass is 31.2. The summed E-state index contributed by atoms with van der Waals surface area (Å²) in [5, 5.41) is 10.5. The van der Waals surface area contributed by atoms with E-state index in [1.807, 2.05) is 0 Å². The van der Waals surface area contributed by atoms with Crippen molar-refractivity contribution in [1.29, 1.82) is 0 Å². The Hall–Kier alpha value is -1.82. The summed E-state index contributed by atoms with van der Waals surface area (Å²) < 4.78 is 28.7. The average molecular weight is 375 g/mol. The summed E-state index contributed by atoms with van der Waals surface area (Å²) in [7, 11) is -2.48. The van der Waals surface area contributed by atoms with Crippen LogP contribution < -0.4 is 11.3 Å². The molecule has 5 atom stereocenters. The van der Waals surface area contributed by atoms with Gasteiger partial charge in [-0.1, -0.05) is 0 Å². The van der Waals surface area contributed by atoms with E-state index in [9.17, 15) is 19.4 Å². The van der Waals surface area contributed by atoms with E-state index in [4.69, 9.17) is 19.7 Å². The molecular formula is C12H18N5O7P. The predicted octanol–water partition coefficient (Wildman–Crippen LogP) is -1.19. The van der Waals surface area contributed by atoms with Crippen LogP contribution in [0, 0.1) is 0 Å². The van der Waals surface area contributed by atoms with Gasteiger partial charge in [0.15, 0.2) is 17.4 Å². The molecule has 0 amide bonds. The first kappa shape index (κ1) is 18.0. The number of H-pyrrole nitrogens is 1. The third-order valence-electron chi connectivity index (χ3n) is 3.68. The molecule has 25 heavy (non-hydrogen) atoms. The summed E-state index contributed by atoms with van der Waals surface area (Å²) in [6.45, 7) is 1.02. The lowest BCUT2D eigenvalue weighted by molar-refractivity contribution is -0.0571. The Labute approximate surface area is 141 Å².